The number of anilines is 2. The van der Waals surface area contributed by atoms with Crippen LogP contribution in [0.1, 0.15) is 86.3 Å². The third kappa shape index (κ3) is 9.17. The van der Waals surface area contributed by atoms with Crippen LogP contribution in [0.4, 0.5) is 20.6 Å². The Morgan fingerprint density at radius 1 is 1.10 bits per heavy atom. The number of halogens is 1. The number of nitrogens with zero attached hydrogens (tertiary/aromatic N) is 1. The molecule has 0 aliphatic carbocycles. The minimum Gasteiger partial charge on any atom is -0.538 e. The molecule has 0 saturated carbocycles. The normalized spacial score (nSPS) is 13.2. The summed E-state index contributed by atoms with van der Waals surface area (Å²) in [4.78, 5) is 12.6. The molecule has 0 radical (unpaired) electrons. The van der Waals surface area contributed by atoms with Crippen molar-refractivity contribution < 1.29 is 18.3 Å². The number of alkyl carbamates (subject to hydrolysis) is 1. The number of alkyl halides is 1. The van der Waals surface area contributed by atoms with Crippen LogP contribution in [0.25, 0.3) is 0 Å². The molecular formula is C32H47FN4O3SSi. The topological polar surface area (TPSA) is 95.4 Å². The number of hydrogen-bond donors (Lipinski definition) is 3. The SMILES string of the molecule is CCCC(C)(F)[Si](Oc1ccccc1NC(=S)CNc1ccc(C#N)c(CNC(=O)OC(C)(C)C)c1)(C(C)C)C(C)C. The number of benzene rings is 2. The first-order valence-electron chi connectivity index (χ1n) is 14.6. The molecule has 0 aromatic heterocycles. The summed E-state index contributed by atoms with van der Waals surface area (Å²) >= 11 is 5.65. The molecule has 2 rings (SSSR count). The Bertz CT molecular complexity index is 1260. The van der Waals surface area contributed by atoms with Crippen LogP contribution in [0.5, 0.6) is 5.75 Å². The van der Waals surface area contributed by atoms with E-state index in [0.717, 1.165) is 12.1 Å². The highest BCUT2D eigenvalue weighted by molar-refractivity contribution is 7.80. The van der Waals surface area contributed by atoms with Gasteiger partial charge >= 0.3 is 6.09 Å². The minimum absolute atomic E-state index is 0.0520. The van der Waals surface area contributed by atoms with Gasteiger partial charge in [0.05, 0.1) is 28.9 Å². The highest BCUT2D eigenvalue weighted by Crippen LogP contribution is 2.47. The fourth-order valence-electron chi connectivity index (χ4n) is 5.54. The van der Waals surface area contributed by atoms with Crippen LogP contribution in [-0.4, -0.2) is 36.8 Å². The van der Waals surface area contributed by atoms with Crippen molar-refractivity contribution in [2.24, 2.45) is 0 Å². The summed E-state index contributed by atoms with van der Waals surface area (Å²) in [5.74, 6) is 0.600. The van der Waals surface area contributed by atoms with Gasteiger partial charge in [0, 0.05) is 12.2 Å². The maximum atomic E-state index is 16.4. The summed E-state index contributed by atoms with van der Waals surface area (Å²) in [6.07, 6.45) is 0.641. The van der Waals surface area contributed by atoms with E-state index in [1.165, 1.54) is 0 Å². The Morgan fingerprint density at radius 3 is 2.31 bits per heavy atom. The highest BCUT2D eigenvalue weighted by atomic mass is 32.1. The van der Waals surface area contributed by atoms with E-state index in [1.54, 1.807) is 45.9 Å². The van der Waals surface area contributed by atoms with Gasteiger partial charge in [0.2, 0.25) is 0 Å². The van der Waals surface area contributed by atoms with Crippen LogP contribution in [-0.2, 0) is 11.3 Å². The highest BCUT2D eigenvalue weighted by Gasteiger charge is 2.59. The first-order chi connectivity index (χ1) is 19.6. The number of carbonyl (C=O) groups excluding carboxylic acids is 1. The fraction of sp³-hybridized carbons (Fsp3) is 0.531. The Labute approximate surface area is 257 Å². The van der Waals surface area contributed by atoms with Crippen molar-refractivity contribution in [2.75, 3.05) is 17.2 Å². The average Bonchev–Trinajstić information content (AvgIpc) is 2.88. The molecule has 0 bridgehead atoms. The molecule has 2 aromatic carbocycles. The van der Waals surface area contributed by atoms with Gasteiger partial charge in [-0.3, -0.25) is 0 Å². The lowest BCUT2D eigenvalue weighted by Gasteiger charge is -2.47. The van der Waals surface area contributed by atoms with Crippen LogP contribution < -0.4 is 20.4 Å². The number of nitriles is 1. The number of nitrogens with one attached hydrogen (secondary N) is 3. The number of rotatable bonds is 13. The zero-order valence-corrected chi connectivity index (χ0v) is 28.3. The second-order valence-corrected chi connectivity index (χ2v) is 18.0. The Morgan fingerprint density at radius 2 is 1.74 bits per heavy atom. The van der Waals surface area contributed by atoms with Gasteiger partial charge in [-0.1, -0.05) is 65.4 Å². The number of ether oxygens (including phenoxy) is 1. The molecule has 0 heterocycles. The summed E-state index contributed by atoms with van der Waals surface area (Å²) in [6.45, 7) is 17.8. The third-order valence-corrected chi connectivity index (χ3v) is 13.3. The van der Waals surface area contributed by atoms with Gasteiger partial charge in [0.25, 0.3) is 8.32 Å². The van der Waals surface area contributed by atoms with Gasteiger partial charge < -0.3 is 25.1 Å². The average molecular weight is 615 g/mol. The number of para-hydroxylation sites is 2. The van der Waals surface area contributed by atoms with Gasteiger partial charge in [-0.25, -0.2) is 9.18 Å². The number of carbonyl (C=O) groups is 1. The Kier molecular flexibility index (Phi) is 12.4. The van der Waals surface area contributed by atoms with Crippen molar-refractivity contribution in [1.82, 2.24) is 5.32 Å². The Balaban J connectivity index is 2.18. The van der Waals surface area contributed by atoms with Crippen LogP contribution in [0.15, 0.2) is 42.5 Å². The molecule has 0 aliphatic heterocycles. The lowest BCUT2D eigenvalue weighted by molar-refractivity contribution is 0.0523. The number of amides is 1. The van der Waals surface area contributed by atoms with E-state index >= 15 is 4.39 Å². The van der Waals surface area contributed by atoms with Crippen molar-refractivity contribution in [2.45, 2.75) is 104 Å². The maximum Gasteiger partial charge on any atom is 0.407 e. The number of thiocarbonyl (C=S) groups is 1. The molecular weight excluding hydrogens is 568 g/mol. The summed E-state index contributed by atoms with van der Waals surface area (Å²) < 4.78 is 28.5. The molecule has 10 heteroatoms. The molecule has 0 fully saturated rings. The van der Waals surface area contributed by atoms with Crippen molar-refractivity contribution >= 4 is 43.0 Å². The quantitative estimate of drug-likeness (QED) is 0.153. The summed E-state index contributed by atoms with van der Waals surface area (Å²) in [7, 11) is -2.97. The van der Waals surface area contributed by atoms with Gasteiger partial charge in [-0.05, 0) is 81.1 Å². The Hall–Kier alpha value is -3.16. The van der Waals surface area contributed by atoms with E-state index in [1.807, 2.05) is 31.2 Å². The molecule has 230 valence electrons. The van der Waals surface area contributed by atoms with Crippen molar-refractivity contribution in [3.8, 4) is 11.8 Å². The lowest BCUT2D eigenvalue weighted by atomic mass is 10.1. The molecule has 7 nitrogen and oxygen atoms in total. The molecule has 42 heavy (non-hydrogen) atoms. The van der Waals surface area contributed by atoms with Crippen molar-refractivity contribution in [3.05, 3.63) is 53.6 Å². The van der Waals surface area contributed by atoms with Crippen LogP contribution in [0.3, 0.4) is 0 Å². The summed E-state index contributed by atoms with van der Waals surface area (Å²) in [5, 5.41) is 17.4. The third-order valence-electron chi connectivity index (χ3n) is 7.19. The second kappa shape index (κ2) is 14.8. The maximum absolute atomic E-state index is 16.4. The van der Waals surface area contributed by atoms with Gasteiger partial charge in [0.1, 0.15) is 16.6 Å². The van der Waals surface area contributed by atoms with Crippen LogP contribution in [0, 0.1) is 11.3 Å². The van der Waals surface area contributed by atoms with E-state index in [-0.39, 0.29) is 17.6 Å². The largest absolute Gasteiger partial charge is 0.538 e. The molecule has 1 atom stereocenters. The van der Waals surface area contributed by atoms with E-state index in [0.29, 0.717) is 40.5 Å². The van der Waals surface area contributed by atoms with E-state index in [2.05, 4.69) is 49.7 Å². The lowest BCUT2D eigenvalue weighted by Crippen LogP contribution is -2.63. The van der Waals surface area contributed by atoms with E-state index in [4.69, 9.17) is 21.4 Å². The molecule has 3 N–H and O–H groups in total. The van der Waals surface area contributed by atoms with Crippen molar-refractivity contribution in [3.63, 3.8) is 0 Å². The summed E-state index contributed by atoms with van der Waals surface area (Å²) in [6, 6.07) is 15.0. The number of hydrogen-bond acceptors (Lipinski definition) is 6. The monoisotopic (exact) mass is 614 g/mol. The van der Waals surface area contributed by atoms with E-state index < -0.39 is 25.3 Å². The van der Waals surface area contributed by atoms with E-state index in [9.17, 15) is 10.1 Å². The van der Waals surface area contributed by atoms with Gasteiger partial charge in [-0.15, -0.1) is 0 Å². The molecule has 1 amide bonds. The van der Waals surface area contributed by atoms with Gasteiger partial charge in [-0.2, -0.15) is 5.26 Å². The van der Waals surface area contributed by atoms with Gasteiger partial charge in [0.15, 0.2) is 0 Å². The van der Waals surface area contributed by atoms with Crippen molar-refractivity contribution in [1.29, 1.82) is 5.26 Å². The first kappa shape index (κ1) is 35.0. The second-order valence-electron chi connectivity index (χ2n) is 12.4. The predicted octanol–water partition coefficient (Wildman–Crippen LogP) is 8.65. The molecule has 0 aliphatic rings. The summed E-state index contributed by atoms with van der Waals surface area (Å²) in [5.41, 5.74) is 2.02. The van der Waals surface area contributed by atoms with Crippen LogP contribution in [0.2, 0.25) is 11.1 Å². The zero-order chi connectivity index (χ0) is 31.7. The van der Waals surface area contributed by atoms with Crippen LogP contribution >= 0.6 is 12.2 Å². The molecule has 0 spiro atoms. The first-order valence-corrected chi connectivity index (χ1v) is 17.0. The predicted molar refractivity (Wildman–Crippen MR) is 176 cm³/mol. The fourth-order valence-corrected chi connectivity index (χ4v) is 11.3. The smallest absolute Gasteiger partial charge is 0.407 e. The standard InChI is InChI=1S/C32H47FN4O3SSi/c1-10-17-32(9,33)42(22(2)3,23(4)5)40-28-14-12-11-13-27(28)37-29(41)21-35-26-16-15-24(19-34)25(18-26)20-36-30(38)39-31(6,7)8/h11-16,18,22-23,35H,10,17,20-21H2,1-9H3,(H,36,38)(H,37,41). The molecule has 1 unspecified atom stereocenters. The molecule has 2 aromatic rings. The molecule has 0 saturated heterocycles. The minimum atomic E-state index is -2.97. The zero-order valence-electron chi connectivity index (χ0n) is 26.5.